The van der Waals surface area contributed by atoms with E-state index in [0.717, 1.165) is 6.92 Å². The number of ether oxygens (including phenoxy) is 1. The van der Waals surface area contributed by atoms with E-state index in [4.69, 9.17) is 4.74 Å². The molecule has 2 aliphatic heterocycles. The molecule has 1 fully saturated rings. The highest BCUT2D eigenvalue weighted by molar-refractivity contribution is 5.99. The number of alkyl halides is 3. The van der Waals surface area contributed by atoms with E-state index >= 15 is 0 Å². The van der Waals surface area contributed by atoms with Gasteiger partial charge in [0.2, 0.25) is 0 Å². The van der Waals surface area contributed by atoms with E-state index in [1.54, 1.807) is 19.1 Å². The van der Waals surface area contributed by atoms with Gasteiger partial charge in [0.05, 0.1) is 18.8 Å². The lowest BCUT2D eigenvalue weighted by atomic mass is 10.1. The standard InChI is InChI=1S/C21H25F3N6O3/c1-5-14(33-4)10-17(25-3)28-20(32)30-13-8-9-29(11-13)16-7-6-15(27-18(16)30)19(31)26-12(2)21(22,23)24/h5-7,10,12-13H,3,8-9,11H2,1-2,4H3,(H,26,31)(H,28,32)/b14-5+,17-10+/t12-,13+/m1/s1. The first kappa shape index (κ1) is 24.1. The second-order valence-electron chi connectivity index (χ2n) is 7.55. The molecule has 33 heavy (non-hydrogen) atoms. The Labute approximate surface area is 189 Å². The predicted octanol–water partition coefficient (Wildman–Crippen LogP) is 2.96. The highest BCUT2D eigenvalue weighted by Gasteiger charge is 2.41. The van der Waals surface area contributed by atoms with E-state index in [1.165, 1.54) is 24.2 Å². The van der Waals surface area contributed by atoms with Crippen molar-refractivity contribution in [3.63, 3.8) is 0 Å². The summed E-state index contributed by atoms with van der Waals surface area (Å²) in [6.07, 6.45) is -0.756. The Hall–Kier alpha value is -3.57. The third-order valence-corrected chi connectivity index (χ3v) is 5.45. The number of hydrogen-bond acceptors (Lipinski definition) is 6. The smallest absolute Gasteiger partial charge is 0.408 e. The summed E-state index contributed by atoms with van der Waals surface area (Å²) >= 11 is 0. The van der Waals surface area contributed by atoms with Crippen molar-refractivity contribution in [3.05, 3.63) is 41.6 Å². The van der Waals surface area contributed by atoms with Crippen molar-refractivity contribution in [3.8, 4) is 0 Å². The Bertz CT molecular complexity index is 1010. The molecule has 0 spiro atoms. The van der Waals surface area contributed by atoms with Crippen LogP contribution < -0.4 is 20.4 Å². The number of methoxy groups -OCH3 is 1. The highest BCUT2D eigenvalue weighted by Crippen LogP contribution is 2.39. The Morgan fingerprint density at radius 2 is 2.12 bits per heavy atom. The van der Waals surface area contributed by atoms with Crippen LogP contribution in [0, 0.1) is 0 Å². The fourth-order valence-electron chi connectivity index (χ4n) is 3.64. The molecule has 3 rings (SSSR count). The molecule has 1 aromatic rings. The van der Waals surface area contributed by atoms with Gasteiger partial charge in [-0.25, -0.2) is 14.8 Å². The number of anilines is 2. The lowest BCUT2D eigenvalue weighted by Gasteiger charge is -2.35. The fourth-order valence-corrected chi connectivity index (χ4v) is 3.64. The van der Waals surface area contributed by atoms with E-state index in [2.05, 4.69) is 22.0 Å². The molecule has 9 nitrogen and oxygen atoms in total. The number of rotatable bonds is 6. The summed E-state index contributed by atoms with van der Waals surface area (Å²) in [6, 6.07) is 0.103. The molecule has 178 valence electrons. The normalized spacial score (nSPS) is 19.0. The fraction of sp³-hybridized carbons (Fsp3) is 0.429. The SMILES string of the molecule is C=N/C(=C\C(=C/C)OC)NC(=O)N1c2nc(C(=O)N[C@H](C)C(F)(F)F)ccc2N2CC[C@H]1C2. The van der Waals surface area contributed by atoms with Crippen LogP contribution in [0.15, 0.2) is 40.9 Å². The largest absolute Gasteiger partial charge is 0.497 e. The molecule has 2 bridgehead atoms. The summed E-state index contributed by atoms with van der Waals surface area (Å²) in [7, 11) is 1.47. The molecular formula is C21H25F3N6O3. The van der Waals surface area contributed by atoms with Gasteiger partial charge in [-0.15, -0.1) is 0 Å². The maximum Gasteiger partial charge on any atom is 0.408 e. The molecule has 0 aliphatic carbocycles. The molecule has 1 saturated heterocycles. The summed E-state index contributed by atoms with van der Waals surface area (Å²) in [5, 5.41) is 4.54. The van der Waals surface area contributed by atoms with Gasteiger partial charge in [-0.3, -0.25) is 15.0 Å². The van der Waals surface area contributed by atoms with Crippen LogP contribution in [0.5, 0.6) is 0 Å². The van der Waals surface area contributed by atoms with Crippen LogP contribution in [0.25, 0.3) is 0 Å². The number of urea groups is 1. The molecule has 0 radical (unpaired) electrons. The van der Waals surface area contributed by atoms with Gasteiger partial charge < -0.3 is 15.0 Å². The van der Waals surface area contributed by atoms with Crippen molar-refractivity contribution >= 4 is 30.2 Å². The van der Waals surface area contributed by atoms with Gasteiger partial charge in [0.15, 0.2) is 5.82 Å². The van der Waals surface area contributed by atoms with Crippen LogP contribution in [0.3, 0.4) is 0 Å². The first-order chi connectivity index (χ1) is 15.6. The third-order valence-electron chi connectivity index (χ3n) is 5.45. The number of carbonyl (C=O) groups is 2. The first-order valence-electron chi connectivity index (χ1n) is 10.2. The molecule has 2 aliphatic rings. The average molecular weight is 466 g/mol. The average Bonchev–Trinajstić information content (AvgIpc) is 3.19. The number of aliphatic imine (C=N–C) groups is 1. The Kier molecular flexibility index (Phi) is 6.94. The van der Waals surface area contributed by atoms with Gasteiger partial charge in [0, 0.05) is 19.2 Å². The minimum absolute atomic E-state index is 0.143. The van der Waals surface area contributed by atoms with Crippen LogP contribution >= 0.6 is 0 Å². The summed E-state index contributed by atoms with van der Waals surface area (Å²) in [4.78, 5) is 37.1. The lowest BCUT2D eigenvalue weighted by molar-refractivity contribution is -0.149. The predicted molar refractivity (Wildman–Crippen MR) is 117 cm³/mol. The molecule has 3 amide bonds. The Balaban J connectivity index is 1.91. The summed E-state index contributed by atoms with van der Waals surface area (Å²) < 4.78 is 43.7. The van der Waals surface area contributed by atoms with E-state index in [9.17, 15) is 22.8 Å². The molecule has 2 N–H and O–H groups in total. The number of pyridine rings is 1. The first-order valence-corrected chi connectivity index (χ1v) is 10.2. The quantitative estimate of drug-likeness (QED) is 0.382. The summed E-state index contributed by atoms with van der Waals surface area (Å²) in [5.41, 5.74) is 0.390. The molecule has 0 unspecified atom stereocenters. The van der Waals surface area contributed by atoms with Crippen LogP contribution in [-0.2, 0) is 4.74 Å². The number of nitrogens with one attached hydrogen (secondary N) is 2. The lowest BCUT2D eigenvalue weighted by Crippen LogP contribution is -2.50. The van der Waals surface area contributed by atoms with Crippen LogP contribution in [0.4, 0.5) is 29.5 Å². The molecular weight excluding hydrogens is 441 g/mol. The van der Waals surface area contributed by atoms with Crippen LogP contribution in [-0.4, -0.2) is 62.1 Å². The molecule has 12 heteroatoms. The zero-order valence-corrected chi connectivity index (χ0v) is 18.4. The van der Waals surface area contributed by atoms with Crippen molar-refractivity contribution in [2.45, 2.75) is 38.5 Å². The summed E-state index contributed by atoms with van der Waals surface area (Å²) in [5.74, 6) is -0.193. The van der Waals surface area contributed by atoms with Crippen molar-refractivity contribution in [1.29, 1.82) is 0 Å². The van der Waals surface area contributed by atoms with Gasteiger partial charge in [-0.1, -0.05) is 0 Å². The van der Waals surface area contributed by atoms with Crippen molar-refractivity contribution in [1.82, 2.24) is 15.6 Å². The topological polar surface area (TPSA) is 99.2 Å². The number of nitrogens with zero attached hydrogens (tertiary/aromatic N) is 4. The zero-order valence-electron chi connectivity index (χ0n) is 18.4. The third kappa shape index (κ3) is 5.10. The number of aromatic nitrogens is 1. The van der Waals surface area contributed by atoms with Crippen molar-refractivity contribution < 1.29 is 27.5 Å². The number of halogens is 3. The number of fused-ring (bicyclic) bond motifs is 4. The maximum absolute atomic E-state index is 13.2. The highest BCUT2D eigenvalue weighted by atomic mass is 19.4. The minimum Gasteiger partial charge on any atom is -0.497 e. The van der Waals surface area contributed by atoms with Gasteiger partial charge in [-0.2, -0.15) is 13.2 Å². The number of hydrogen-bond donors (Lipinski definition) is 2. The second kappa shape index (κ2) is 9.51. The second-order valence-corrected chi connectivity index (χ2v) is 7.55. The van der Waals surface area contributed by atoms with E-state index in [1.807, 2.05) is 10.2 Å². The monoisotopic (exact) mass is 466 g/mol. The zero-order chi connectivity index (χ0) is 24.3. The van der Waals surface area contributed by atoms with E-state index in [-0.39, 0.29) is 23.4 Å². The van der Waals surface area contributed by atoms with Crippen LogP contribution in [0.2, 0.25) is 0 Å². The molecule has 3 heterocycles. The number of allylic oxidation sites excluding steroid dienone is 2. The molecule has 1 aromatic heterocycles. The van der Waals surface area contributed by atoms with Gasteiger partial charge in [0.1, 0.15) is 23.3 Å². The minimum atomic E-state index is -4.59. The van der Waals surface area contributed by atoms with E-state index in [0.29, 0.717) is 31.0 Å². The van der Waals surface area contributed by atoms with Gasteiger partial charge >= 0.3 is 12.2 Å². The van der Waals surface area contributed by atoms with E-state index < -0.39 is 24.2 Å². The number of amides is 3. The van der Waals surface area contributed by atoms with Gasteiger partial charge in [-0.05, 0) is 45.2 Å². The van der Waals surface area contributed by atoms with Crippen molar-refractivity contribution in [2.24, 2.45) is 4.99 Å². The Morgan fingerprint density at radius 3 is 2.73 bits per heavy atom. The molecule has 0 aromatic carbocycles. The molecule has 2 atom stereocenters. The molecule has 0 saturated carbocycles. The Morgan fingerprint density at radius 1 is 1.39 bits per heavy atom. The summed E-state index contributed by atoms with van der Waals surface area (Å²) in [6.45, 7) is 7.29. The maximum atomic E-state index is 13.2. The van der Waals surface area contributed by atoms with Crippen LogP contribution in [0.1, 0.15) is 30.8 Å². The van der Waals surface area contributed by atoms with Crippen molar-refractivity contribution in [2.75, 3.05) is 30.0 Å². The van der Waals surface area contributed by atoms with Gasteiger partial charge in [0.25, 0.3) is 5.91 Å². The number of carbonyl (C=O) groups excluding carboxylic acids is 2.